The first-order valence-corrected chi connectivity index (χ1v) is 7.92. The number of nitrogens with one attached hydrogen (secondary N) is 2. The van der Waals surface area contributed by atoms with Gasteiger partial charge in [-0.2, -0.15) is 0 Å². The predicted molar refractivity (Wildman–Crippen MR) is 88.5 cm³/mol. The standard InChI is InChI=1S/C15H22Cl2N2O3/c1-10(2)22-7-3-6-18-15(21)19-9-14(20)12-5-4-11(16)8-13(12)17/h4-5,8,10,14,20H,3,6-7,9H2,1-2H3,(H2,18,19,21). The van der Waals surface area contributed by atoms with Crippen molar-refractivity contribution in [1.29, 1.82) is 0 Å². The van der Waals surface area contributed by atoms with Crippen LogP contribution in [0.25, 0.3) is 0 Å². The average Bonchev–Trinajstić information content (AvgIpc) is 2.44. The molecular formula is C15H22Cl2N2O3. The molecule has 5 nitrogen and oxygen atoms in total. The second kappa shape index (κ2) is 9.90. The van der Waals surface area contributed by atoms with Crippen LogP contribution in [0, 0.1) is 0 Å². The molecule has 0 bridgehead atoms. The molecule has 3 N–H and O–H groups in total. The monoisotopic (exact) mass is 348 g/mol. The summed E-state index contributed by atoms with van der Waals surface area (Å²) in [6, 6.07) is 4.49. The molecule has 0 fully saturated rings. The summed E-state index contributed by atoms with van der Waals surface area (Å²) >= 11 is 11.8. The molecule has 1 unspecified atom stereocenters. The van der Waals surface area contributed by atoms with Gasteiger partial charge in [0.25, 0.3) is 0 Å². The minimum atomic E-state index is -0.889. The topological polar surface area (TPSA) is 70.6 Å². The smallest absolute Gasteiger partial charge is 0.314 e. The molecular weight excluding hydrogens is 327 g/mol. The van der Waals surface area contributed by atoms with Crippen LogP contribution in [0.2, 0.25) is 10.0 Å². The maximum atomic E-state index is 11.6. The zero-order chi connectivity index (χ0) is 16.5. The molecule has 124 valence electrons. The van der Waals surface area contributed by atoms with Crippen LogP contribution in [0.4, 0.5) is 4.79 Å². The number of ether oxygens (including phenoxy) is 1. The van der Waals surface area contributed by atoms with Gasteiger partial charge in [0.1, 0.15) is 0 Å². The average molecular weight is 349 g/mol. The third-order valence-electron chi connectivity index (χ3n) is 2.84. The van der Waals surface area contributed by atoms with Crippen LogP contribution in [-0.4, -0.2) is 36.9 Å². The van der Waals surface area contributed by atoms with Crippen molar-refractivity contribution in [3.05, 3.63) is 33.8 Å². The number of urea groups is 1. The molecule has 0 heterocycles. The van der Waals surface area contributed by atoms with E-state index in [1.807, 2.05) is 13.8 Å². The van der Waals surface area contributed by atoms with E-state index in [0.29, 0.717) is 28.8 Å². The second-order valence-electron chi connectivity index (χ2n) is 5.09. The number of hydrogen-bond acceptors (Lipinski definition) is 3. The molecule has 0 aliphatic carbocycles. The van der Waals surface area contributed by atoms with E-state index in [0.717, 1.165) is 6.42 Å². The van der Waals surface area contributed by atoms with Gasteiger partial charge in [-0.1, -0.05) is 29.3 Å². The summed E-state index contributed by atoms with van der Waals surface area (Å²) in [5, 5.41) is 16.2. The summed E-state index contributed by atoms with van der Waals surface area (Å²) < 4.78 is 5.37. The van der Waals surface area contributed by atoms with Gasteiger partial charge in [-0.15, -0.1) is 0 Å². The number of carbonyl (C=O) groups excluding carboxylic acids is 1. The number of carbonyl (C=O) groups is 1. The Labute approximate surface area is 140 Å². The van der Waals surface area contributed by atoms with Gasteiger partial charge >= 0.3 is 6.03 Å². The number of amides is 2. The van der Waals surface area contributed by atoms with Crippen LogP contribution in [0.1, 0.15) is 31.9 Å². The van der Waals surface area contributed by atoms with Crippen LogP contribution in [0.3, 0.4) is 0 Å². The summed E-state index contributed by atoms with van der Waals surface area (Å²) in [4.78, 5) is 11.6. The summed E-state index contributed by atoms with van der Waals surface area (Å²) in [5.74, 6) is 0. The van der Waals surface area contributed by atoms with Crippen molar-refractivity contribution in [2.24, 2.45) is 0 Å². The molecule has 22 heavy (non-hydrogen) atoms. The largest absolute Gasteiger partial charge is 0.387 e. The molecule has 7 heteroatoms. The van der Waals surface area contributed by atoms with Crippen molar-refractivity contribution >= 4 is 29.2 Å². The number of hydrogen-bond donors (Lipinski definition) is 3. The number of rotatable bonds is 8. The summed E-state index contributed by atoms with van der Waals surface area (Å²) in [5.41, 5.74) is 0.525. The fourth-order valence-electron chi connectivity index (χ4n) is 1.73. The maximum Gasteiger partial charge on any atom is 0.314 e. The molecule has 0 radical (unpaired) electrons. The van der Waals surface area contributed by atoms with Crippen LogP contribution < -0.4 is 10.6 Å². The van der Waals surface area contributed by atoms with Crippen LogP contribution in [0.15, 0.2) is 18.2 Å². The molecule has 0 aliphatic rings. The fraction of sp³-hybridized carbons (Fsp3) is 0.533. The zero-order valence-electron chi connectivity index (χ0n) is 12.7. The molecule has 1 aromatic rings. The maximum absolute atomic E-state index is 11.6. The van der Waals surface area contributed by atoms with E-state index in [1.54, 1.807) is 18.2 Å². The summed E-state index contributed by atoms with van der Waals surface area (Å²) in [7, 11) is 0. The van der Waals surface area contributed by atoms with Crippen molar-refractivity contribution < 1.29 is 14.6 Å². The van der Waals surface area contributed by atoms with Gasteiger partial charge in [-0.05, 0) is 32.4 Å². The predicted octanol–water partition coefficient (Wildman–Crippen LogP) is 3.14. The molecule has 0 saturated carbocycles. The third-order valence-corrected chi connectivity index (χ3v) is 3.40. The van der Waals surface area contributed by atoms with E-state index in [1.165, 1.54) is 0 Å². The van der Waals surface area contributed by atoms with Crippen LogP contribution in [0.5, 0.6) is 0 Å². The number of aliphatic hydroxyl groups excluding tert-OH is 1. The Hall–Kier alpha value is -1.01. The Morgan fingerprint density at radius 3 is 2.68 bits per heavy atom. The van der Waals surface area contributed by atoms with E-state index in [2.05, 4.69) is 10.6 Å². The first-order chi connectivity index (χ1) is 10.4. The van der Waals surface area contributed by atoms with Crippen molar-refractivity contribution in [2.45, 2.75) is 32.5 Å². The van der Waals surface area contributed by atoms with Crippen molar-refractivity contribution in [3.63, 3.8) is 0 Å². The highest BCUT2D eigenvalue weighted by molar-refractivity contribution is 6.35. The van der Waals surface area contributed by atoms with Crippen molar-refractivity contribution in [2.75, 3.05) is 19.7 Å². The zero-order valence-corrected chi connectivity index (χ0v) is 14.2. The van der Waals surface area contributed by atoms with Gasteiger partial charge in [0.15, 0.2) is 0 Å². The Kier molecular flexibility index (Phi) is 8.56. The number of aliphatic hydroxyl groups is 1. The fourth-order valence-corrected chi connectivity index (χ4v) is 2.26. The van der Waals surface area contributed by atoms with E-state index < -0.39 is 6.10 Å². The van der Waals surface area contributed by atoms with Gasteiger partial charge in [-0.25, -0.2) is 4.79 Å². The molecule has 0 aliphatic heterocycles. The Morgan fingerprint density at radius 2 is 2.05 bits per heavy atom. The highest BCUT2D eigenvalue weighted by Crippen LogP contribution is 2.25. The normalized spacial score (nSPS) is 12.3. The summed E-state index contributed by atoms with van der Waals surface area (Å²) in [6.45, 7) is 5.10. The molecule has 1 aromatic carbocycles. The van der Waals surface area contributed by atoms with Crippen LogP contribution in [-0.2, 0) is 4.74 Å². The lowest BCUT2D eigenvalue weighted by Gasteiger charge is -2.14. The Balaban J connectivity index is 2.25. The minimum Gasteiger partial charge on any atom is -0.387 e. The molecule has 0 saturated heterocycles. The first-order valence-electron chi connectivity index (χ1n) is 7.16. The second-order valence-corrected chi connectivity index (χ2v) is 5.94. The lowest BCUT2D eigenvalue weighted by atomic mass is 10.1. The number of benzene rings is 1. The highest BCUT2D eigenvalue weighted by Gasteiger charge is 2.13. The van der Waals surface area contributed by atoms with Crippen molar-refractivity contribution in [1.82, 2.24) is 10.6 Å². The molecule has 0 aromatic heterocycles. The van der Waals surface area contributed by atoms with Gasteiger partial charge in [-0.3, -0.25) is 0 Å². The van der Waals surface area contributed by atoms with Crippen molar-refractivity contribution in [3.8, 4) is 0 Å². The van der Waals surface area contributed by atoms with Gasteiger partial charge in [0.05, 0.1) is 12.2 Å². The SMILES string of the molecule is CC(C)OCCCNC(=O)NCC(O)c1ccc(Cl)cc1Cl. The molecule has 2 amide bonds. The highest BCUT2D eigenvalue weighted by atomic mass is 35.5. The van der Waals surface area contributed by atoms with Gasteiger partial charge in [0, 0.05) is 35.3 Å². The van der Waals surface area contributed by atoms with E-state index >= 15 is 0 Å². The quantitative estimate of drug-likeness (QED) is 0.632. The summed E-state index contributed by atoms with van der Waals surface area (Å²) in [6.07, 6.45) is 0.0323. The lowest BCUT2D eigenvalue weighted by Crippen LogP contribution is -2.38. The molecule has 1 rings (SSSR count). The van der Waals surface area contributed by atoms with E-state index in [-0.39, 0.29) is 18.7 Å². The lowest BCUT2D eigenvalue weighted by molar-refractivity contribution is 0.0774. The molecule has 0 spiro atoms. The van der Waals surface area contributed by atoms with E-state index in [9.17, 15) is 9.90 Å². The Morgan fingerprint density at radius 1 is 1.32 bits per heavy atom. The third kappa shape index (κ3) is 7.31. The van der Waals surface area contributed by atoms with E-state index in [4.69, 9.17) is 27.9 Å². The first kappa shape index (κ1) is 19.0. The van der Waals surface area contributed by atoms with Gasteiger partial charge < -0.3 is 20.5 Å². The minimum absolute atomic E-state index is 0.0652. The number of halogens is 2. The molecule has 1 atom stereocenters. The Bertz CT molecular complexity index is 484. The van der Waals surface area contributed by atoms with Crippen LogP contribution >= 0.6 is 23.2 Å². The van der Waals surface area contributed by atoms with Gasteiger partial charge in [0.2, 0.25) is 0 Å².